The highest BCUT2D eigenvalue weighted by Crippen LogP contribution is 2.21. The molecule has 0 fully saturated rings. The van der Waals surface area contributed by atoms with Gasteiger partial charge < -0.3 is 0 Å². The molecule has 0 unspecified atom stereocenters. The summed E-state index contributed by atoms with van der Waals surface area (Å²) in [6.07, 6.45) is 10.3. The van der Waals surface area contributed by atoms with E-state index in [-0.39, 0.29) is 0 Å². The lowest BCUT2D eigenvalue weighted by atomic mass is 10.1. The average molecular weight is 286 g/mol. The number of para-hydroxylation sites is 1. The number of nitrogens with zero attached hydrogens (tertiary/aromatic N) is 2. The van der Waals surface area contributed by atoms with Crippen LogP contribution in [0.4, 0.5) is 0 Å². The molecule has 0 atom stereocenters. The second-order valence-corrected chi connectivity index (χ2v) is 5.04. The fourth-order valence-corrected chi connectivity index (χ4v) is 2.63. The van der Waals surface area contributed by atoms with Crippen molar-refractivity contribution in [3.8, 4) is 12.0 Å². The number of hydrogen-bond acceptors (Lipinski definition) is 2. The van der Waals surface area contributed by atoms with Crippen LogP contribution in [0, 0.1) is 12.0 Å². The standard InChI is InChI=1S/C20H18N2/c1-3-16-8-7-14-22(20(16)4-2)15-12-17-11-13-21-19-10-6-5-9-18(17)19/h3-11,13H,14H2,1-2H3. The van der Waals surface area contributed by atoms with Crippen molar-refractivity contribution in [1.29, 1.82) is 0 Å². The molecule has 0 amide bonds. The van der Waals surface area contributed by atoms with Gasteiger partial charge in [0.15, 0.2) is 0 Å². The molecule has 0 saturated carbocycles. The first kappa shape index (κ1) is 14.2. The molecular weight excluding hydrogens is 268 g/mol. The summed E-state index contributed by atoms with van der Waals surface area (Å²) in [5, 5.41) is 1.10. The summed E-state index contributed by atoms with van der Waals surface area (Å²) in [5.41, 5.74) is 4.37. The van der Waals surface area contributed by atoms with E-state index in [2.05, 4.69) is 66.1 Å². The van der Waals surface area contributed by atoms with Crippen LogP contribution in [-0.2, 0) is 0 Å². The van der Waals surface area contributed by atoms with Crippen LogP contribution in [-0.4, -0.2) is 16.4 Å². The Kier molecular flexibility index (Phi) is 4.07. The van der Waals surface area contributed by atoms with Gasteiger partial charge in [-0.25, -0.2) is 0 Å². The quantitative estimate of drug-likeness (QED) is 0.672. The Bertz CT molecular complexity index is 839. The number of hydrogen-bond donors (Lipinski definition) is 0. The van der Waals surface area contributed by atoms with Gasteiger partial charge in [0.1, 0.15) is 0 Å². The molecule has 1 aliphatic rings. The van der Waals surface area contributed by atoms with Gasteiger partial charge in [-0.1, -0.05) is 42.5 Å². The molecule has 2 aromatic rings. The van der Waals surface area contributed by atoms with Crippen LogP contribution < -0.4 is 0 Å². The second kappa shape index (κ2) is 6.32. The highest BCUT2D eigenvalue weighted by atomic mass is 15.1. The molecule has 108 valence electrons. The summed E-state index contributed by atoms with van der Waals surface area (Å²) in [6, 6.07) is 13.4. The number of allylic oxidation sites excluding steroid dienone is 3. The smallest absolute Gasteiger partial charge is 0.0714 e. The van der Waals surface area contributed by atoms with Crippen LogP contribution in [0.3, 0.4) is 0 Å². The van der Waals surface area contributed by atoms with Gasteiger partial charge in [-0.2, -0.15) is 0 Å². The van der Waals surface area contributed by atoms with Gasteiger partial charge in [0, 0.05) is 29.7 Å². The SMILES string of the molecule is CC=C1C=CCN(C#Cc2ccnc3ccccc23)C1=CC. The topological polar surface area (TPSA) is 16.1 Å². The van der Waals surface area contributed by atoms with Crippen LogP contribution >= 0.6 is 0 Å². The molecule has 2 heteroatoms. The summed E-state index contributed by atoms with van der Waals surface area (Å²) in [6.45, 7) is 4.91. The van der Waals surface area contributed by atoms with E-state index in [1.54, 1.807) is 0 Å². The maximum Gasteiger partial charge on any atom is 0.0714 e. The van der Waals surface area contributed by atoms with Crippen molar-refractivity contribution in [2.24, 2.45) is 0 Å². The maximum atomic E-state index is 4.38. The van der Waals surface area contributed by atoms with E-state index >= 15 is 0 Å². The Balaban J connectivity index is 2.00. The van der Waals surface area contributed by atoms with Crippen LogP contribution in [0.1, 0.15) is 19.4 Å². The van der Waals surface area contributed by atoms with Crippen LogP contribution in [0.2, 0.25) is 0 Å². The molecule has 1 aliphatic heterocycles. The highest BCUT2D eigenvalue weighted by Gasteiger charge is 2.12. The third kappa shape index (κ3) is 2.66. The lowest BCUT2D eigenvalue weighted by molar-refractivity contribution is 0.546. The van der Waals surface area contributed by atoms with Crippen molar-refractivity contribution in [2.45, 2.75) is 13.8 Å². The third-order valence-corrected chi connectivity index (χ3v) is 3.73. The monoisotopic (exact) mass is 286 g/mol. The molecule has 0 saturated heterocycles. The summed E-state index contributed by atoms with van der Waals surface area (Å²) in [7, 11) is 0. The van der Waals surface area contributed by atoms with Crippen LogP contribution in [0.25, 0.3) is 10.9 Å². The minimum atomic E-state index is 0.813. The molecule has 0 radical (unpaired) electrons. The molecule has 3 rings (SSSR count). The minimum Gasteiger partial charge on any atom is -0.297 e. The molecule has 0 spiro atoms. The summed E-state index contributed by atoms with van der Waals surface area (Å²) < 4.78 is 0. The first-order valence-corrected chi connectivity index (χ1v) is 7.46. The number of fused-ring (bicyclic) bond motifs is 1. The van der Waals surface area contributed by atoms with E-state index in [1.165, 1.54) is 5.57 Å². The van der Waals surface area contributed by atoms with Gasteiger partial charge in [0.25, 0.3) is 0 Å². The molecular formula is C20H18N2. The minimum absolute atomic E-state index is 0.813. The Hall–Kier alpha value is -2.79. The van der Waals surface area contributed by atoms with E-state index in [0.717, 1.165) is 28.7 Å². The first-order valence-electron chi connectivity index (χ1n) is 7.46. The van der Waals surface area contributed by atoms with Gasteiger partial charge in [0.05, 0.1) is 11.2 Å². The third-order valence-electron chi connectivity index (χ3n) is 3.73. The molecule has 1 aromatic heterocycles. The van der Waals surface area contributed by atoms with Crippen molar-refractivity contribution >= 4 is 10.9 Å². The fraction of sp³-hybridized carbons (Fsp3) is 0.150. The zero-order chi connectivity index (χ0) is 15.4. The van der Waals surface area contributed by atoms with Crippen molar-refractivity contribution in [1.82, 2.24) is 9.88 Å². The largest absolute Gasteiger partial charge is 0.297 e. The molecule has 2 nitrogen and oxygen atoms in total. The summed E-state index contributed by atoms with van der Waals surface area (Å²) >= 11 is 0. The zero-order valence-electron chi connectivity index (χ0n) is 12.9. The number of pyridine rings is 1. The van der Waals surface area contributed by atoms with E-state index in [4.69, 9.17) is 0 Å². The van der Waals surface area contributed by atoms with Gasteiger partial charge in [-0.05, 0) is 37.5 Å². The second-order valence-electron chi connectivity index (χ2n) is 5.04. The normalized spacial score (nSPS) is 17.8. The first-order chi connectivity index (χ1) is 10.8. The average Bonchev–Trinajstić information content (AvgIpc) is 2.59. The van der Waals surface area contributed by atoms with E-state index in [1.807, 2.05) is 30.5 Å². The van der Waals surface area contributed by atoms with E-state index < -0.39 is 0 Å². The maximum absolute atomic E-state index is 4.38. The number of aromatic nitrogens is 1. The van der Waals surface area contributed by atoms with Gasteiger partial charge >= 0.3 is 0 Å². The van der Waals surface area contributed by atoms with Crippen molar-refractivity contribution in [2.75, 3.05) is 6.54 Å². The molecule has 22 heavy (non-hydrogen) atoms. The van der Waals surface area contributed by atoms with E-state index in [0.29, 0.717) is 0 Å². The van der Waals surface area contributed by atoms with Gasteiger partial charge in [0.2, 0.25) is 0 Å². The van der Waals surface area contributed by atoms with Crippen LogP contribution in [0.5, 0.6) is 0 Å². The predicted octanol–water partition coefficient (Wildman–Crippen LogP) is 4.27. The Morgan fingerprint density at radius 1 is 1.14 bits per heavy atom. The molecule has 0 bridgehead atoms. The zero-order valence-corrected chi connectivity index (χ0v) is 12.9. The van der Waals surface area contributed by atoms with Crippen molar-refractivity contribution in [3.63, 3.8) is 0 Å². The fourth-order valence-electron chi connectivity index (χ4n) is 2.63. The Labute approximate surface area is 131 Å². The van der Waals surface area contributed by atoms with Gasteiger partial charge in [-0.15, -0.1) is 0 Å². The predicted molar refractivity (Wildman–Crippen MR) is 92.0 cm³/mol. The summed E-state index contributed by atoms with van der Waals surface area (Å²) in [5.74, 6) is 3.30. The van der Waals surface area contributed by atoms with E-state index in [9.17, 15) is 0 Å². The molecule has 1 aromatic carbocycles. The Morgan fingerprint density at radius 3 is 2.82 bits per heavy atom. The summed E-state index contributed by atoms with van der Waals surface area (Å²) in [4.78, 5) is 6.47. The lowest BCUT2D eigenvalue weighted by Crippen LogP contribution is -2.21. The van der Waals surface area contributed by atoms with Crippen LogP contribution in [0.15, 0.2) is 72.1 Å². The van der Waals surface area contributed by atoms with Crippen molar-refractivity contribution in [3.05, 3.63) is 77.7 Å². The molecule has 0 N–H and O–H groups in total. The highest BCUT2D eigenvalue weighted by molar-refractivity contribution is 5.84. The van der Waals surface area contributed by atoms with Gasteiger partial charge in [-0.3, -0.25) is 9.88 Å². The lowest BCUT2D eigenvalue weighted by Gasteiger charge is -2.24. The van der Waals surface area contributed by atoms with Crippen molar-refractivity contribution < 1.29 is 0 Å². The number of rotatable bonds is 0. The number of benzene rings is 1. The Morgan fingerprint density at radius 2 is 2.00 bits per heavy atom. The molecule has 2 heterocycles. The molecule has 0 aliphatic carbocycles.